The van der Waals surface area contributed by atoms with E-state index in [2.05, 4.69) is 0 Å². The molecule has 1 aromatic heterocycles. The fourth-order valence-electron chi connectivity index (χ4n) is 2.73. The SMILES string of the molecule is COc1cc(OC)c2c(c1O)C(=O)c1c(coc1[C@@H](C)O)C2=O. The molecule has 1 aliphatic carbocycles. The molecule has 0 amide bonds. The van der Waals surface area contributed by atoms with Crippen molar-refractivity contribution in [1.82, 2.24) is 0 Å². The van der Waals surface area contributed by atoms with E-state index in [9.17, 15) is 19.8 Å². The van der Waals surface area contributed by atoms with Gasteiger partial charge in [0.1, 0.15) is 23.9 Å². The maximum absolute atomic E-state index is 12.8. The minimum absolute atomic E-state index is 0.00675. The van der Waals surface area contributed by atoms with Crippen molar-refractivity contribution in [3.63, 3.8) is 0 Å². The van der Waals surface area contributed by atoms with E-state index in [4.69, 9.17) is 13.9 Å². The highest BCUT2D eigenvalue weighted by atomic mass is 16.5. The Kier molecular flexibility index (Phi) is 3.37. The summed E-state index contributed by atoms with van der Waals surface area (Å²) >= 11 is 0. The Morgan fingerprint density at radius 1 is 1.04 bits per heavy atom. The lowest BCUT2D eigenvalue weighted by Crippen LogP contribution is -2.22. The molecule has 0 saturated heterocycles. The number of ketones is 2. The topological polar surface area (TPSA) is 106 Å². The van der Waals surface area contributed by atoms with Gasteiger partial charge in [-0.2, -0.15) is 0 Å². The number of carbonyl (C=O) groups excluding carboxylic acids is 2. The van der Waals surface area contributed by atoms with Crippen LogP contribution in [0.25, 0.3) is 0 Å². The smallest absolute Gasteiger partial charge is 0.202 e. The van der Waals surface area contributed by atoms with Crippen LogP contribution in [0.4, 0.5) is 0 Å². The third kappa shape index (κ3) is 1.93. The van der Waals surface area contributed by atoms with Crippen LogP contribution in [0, 0.1) is 0 Å². The van der Waals surface area contributed by atoms with E-state index in [0.717, 1.165) is 6.26 Å². The quantitative estimate of drug-likeness (QED) is 0.758. The zero-order chi connectivity index (χ0) is 16.9. The van der Waals surface area contributed by atoms with Crippen molar-refractivity contribution < 1.29 is 33.7 Å². The van der Waals surface area contributed by atoms with Gasteiger partial charge < -0.3 is 24.1 Å². The molecule has 1 aromatic carbocycles. The second-order valence-electron chi connectivity index (χ2n) is 5.10. The molecule has 0 bridgehead atoms. The Morgan fingerprint density at radius 3 is 2.26 bits per heavy atom. The van der Waals surface area contributed by atoms with Crippen LogP contribution in [0.5, 0.6) is 17.2 Å². The number of benzene rings is 1. The fraction of sp³-hybridized carbons (Fsp3) is 0.250. The number of hydrogen-bond acceptors (Lipinski definition) is 7. The van der Waals surface area contributed by atoms with Crippen LogP contribution < -0.4 is 9.47 Å². The first-order valence-electron chi connectivity index (χ1n) is 6.79. The van der Waals surface area contributed by atoms with Crippen molar-refractivity contribution in [1.29, 1.82) is 0 Å². The summed E-state index contributed by atoms with van der Waals surface area (Å²) in [4.78, 5) is 25.5. The molecule has 1 atom stereocenters. The summed E-state index contributed by atoms with van der Waals surface area (Å²) in [5, 5.41) is 20.0. The second kappa shape index (κ2) is 5.13. The lowest BCUT2D eigenvalue weighted by Gasteiger charge is -2.20. The minimum Gasteiger partial charge on any atom is -0.504 e. The van der Waals surface area contributed by atoms with Gasteiger partial charge in [0.2, 0.25) is 11.6 Å². The molecule has 2 aromatic rings. The molecule has 2 N–H and O–H groups in total. The second-order valence-corrected chi connectivity index (χ2v) is 5.10. The fourth-order valence-corrected chi connectivity index (χ4v) is 2.73. The average Bonchev–Trinajstić information content (AvgIpc) is 2.98. The van der Waals surface area contributed by atoms with Gasteiger partial charge in [-0.15, -0.1) is 0 Å². The summed E-state index contributed by atoms with van der Waals surface area (Å²) in [5.74, 6) is -1.52. The monoisotopic (exact) mass is 318 g/mol. The maximum Gasteiger partial charge on any atom is 0.202 e. The molecule has 0 unspecified atom stereocenters. The van der Waals surface area contributed by atoms with Gasteiger partial charge in [-0.1, -0.05) is 0 Å². The first kappa shape index (κ1) is 15.1. The molecular formula is C16H14O7. The number of methoxy groups -OCH3 is 2. The van der Waals surface area contributed by atoms with Gasteiger partial charge >= 0.3 is 0 Å². The molecule has 3 rings (SSSR count). The average molecular weight is 318 g/mol. The third-order valence-electron chi connectivity index (χ3n) is 3.79. The van der Waals surface area contributed by atoms with Crippen molar-refractivity contribution in [2.24, 2.45) is 0 Å². The Balaban J connectivity index is 2.36. The number of hydrogen-bond donors (Lipinski definition) is 2. The van der Waals surface area contributed by atoms with E-state index in [1.54, 1.807) is 0 Å². The van der Waals surface area contributed by atoms with Crippen molar-refractivity contribution in [2.45, 2.75) is 13.0 Å². The maximum atomic E-state index is 12.8. The van der Waals surface area contributed by atoms with Crippen molar-refractivity contribution in [3.8, 4) is 17.2 Å². The van der Waals surface area contributed by atoms with Crippen molar-refractivity contribution in [3.05, 3.63) is 40.3 Å². The zero-order valence-corrected chi connectivity index (χ0v) is 12.7. The van der Waals surface area contributed by atoms with E-state index in [0.29, 0.717) is 0 Å². The Hall–Kier alpha value is -2.80. The molecule has 1 heterocycles. The Labute approximate surface area is 131 Å². The summed E-state index contributed by atoms with van der Waals surface area (Å²) < 4.78 is 15.3. The number of fused-ring (bicyclic) bond motifs is 2. The summed E-state index contributed by atoms with van der Waals surface area (Å²) in [6.07, 6.45) is 0.0491. The van der Waals surface area contributed by atoms with Gasteiger partial charge in [-0.3, -0.25) is 9.59 Å². The molecule has 0 radical (unpaired) electrons. The van der Waals surface area contributed by atoms with E-state index in [1.807, 2.05) is 0 Å². The highest BCUT2D eigenvalue weighted by Gasteiger charge is 2.40. The predicted octanol–water partition coefficient (Wildman–Crippen LogP) is 1.83. The van der Waals surface area contributed by atoms with Crippen LogP contribution in [0.15, 0.2) is 16.7 Å². The molecular weight excluding hydrogens is 304 g/mol. The molecule has 7 heteroatoms. The van der Waals surface area contributed by atoms with Crippen LogP contribution in [0.1, 0.15) is 50.6 Å². The van der Waals surface area contributed by atoms with Gasteiger partial charge in [0, 0.05) is 6.07 Å². The van der Waals surface area contributed by atoms with E-state index >= 15 is 0 Å². The van der Waals surface area contributed by atoms with Gasteiger partial charge in [0.25, 0.3) is 0 Å². The molecule has 0 saturated carbocycles. The third-order valence-corrected chi connectivity index (χ3v) is 3.79. The van der Waals surface area contributed by atoms with Gasteiger partial charge in [0.15, 0.2) is 11.5 Å². The molecule has 23 heavy (non-hydrogen) atoms. The highest BCUT2D eigenvalue weighted by Crippen LogP contribution is 2.45. The minimum atomic E-state index is -1.08. The van der Waals surface area contributed by atoms with Gasteiger partial charge in [-0.05, 0) is 6.92 Å². The molecule has 0 aliphatic heterocycles. The molecule has 0 spiro atoms. The van der Waals surface area contributed by atoms with Gasteiger partial charge in [-0.25, -0.2) is 0 Å². The normalized spacial score (nSPS) is 14.3. The van der Waals surface area contributed by atoms with E-state index in [-0.39, 0.29) is 39.5 Å². The van der Waals surface area contributed by atoms with Crippen molar-refractivity contribution in [2.75, 3.05) is 14.2 Å². The lowest BCUT2D eigenvalue weighted by atomic mass is 9.83. The molecule has 0 fully saturated rings. The summed E-state index contributed by atoms with van der Waals surface area (Å²) in [6, 6.07) is 1.33. The number of furan rings is 1. The lowest BCUT2D eigenvalue weighted by molar-refractivity contribution is 0.0969. The zero-order valence-electron chi connectivity index (χ0n) is 12.7. The number of ether oxygens (including phenoxy) is 2. The number of phenolic OH excluding ortho intramolecular Hbond substituents is 1. The number of aliphatic hydroxyl groups is 1. The number of aromatic hydroxyl groups is 1. The Morgan fingerprint density at radius 2 is 1.70 bits per heavy atom. The Bertz CT molecular complexity index is 829. The van der Waals surface area contributed by atoms with E-state index in [1.165, 1.54) is 27.2 Å². The van der Waals surface area contributed by atoms with Crippen LogP contribution in [0.2, 0.25) is 0 Å². The highest BCUT2D eigenvalue weighted by molar-refractivity contribution is 6.30. The first-order chi connectivity index (χ1) is 10.9. The van der Waals surface area contributed by atoms with Crippen LogP contribution in [0.3, 0.4) is 0 Å². The first-order valence-corrected chi connectivity index (χ1v) is 6.79. The summed E-state index contributed by atoms with van der Waals surface area (Å²) in [6.45, 7) is 1.42. The van der Waals surface area contributed by atoms with Crippen LogP contribution >= 0.6 is 0 Å². The standard InChI is InChI=1S/C16H14O7/c1-6(17)16-10-7(5-23-16)13(18)11-8(21-2)4-9(22-3)14(19)12(11)15(10)20/h4-6,17,19H,1-3H3/t6-/m1/s1. The number of rotatable bonds is 3. The molecule has 1 aliphatic rings. The van der Waals surface area contributed by atoms with Gasteiger partial charge in [0.05, 0.1) is 36.5 Å². The molecule has 7 nitrogen and oxygen atoms in total. The largest absolute Gasteiger partial charge is 0.504 e. The number of aliphatic hydroxyl groups excluding tert-OH is 1. The number of carbonyl (C=O) groups is 2. The molecule has 120 valence electrons. The van der Waals surface area contributed by atoms with Crippen LogP contribution in [-0.4, -0.2) is 36.0 Å². The van der Waals surface area contributed by atoms with E-state index < -0.39 is 23.4 Å². The van der Waals surface area contributed by atoms with Crippen molar-refractivity contribution >= 4 is 11.6 Å². The summed E-state index contributed by atoms with van der Waals surface area (Å²) in [5.41, 5.74) is -0.299. The summed E-state index contributed by atoms with van der Waals surface area (Å²) in [7, 11) is 2.66. The van der Waals surface area contributed by atoms with Crippen LogP contribution in [-0.2, 0) is 0 Å². The number of phenols is 1. The predicted molar refractivity (Wildman–Crippen MR) is 77.4 cm³/mol.